The lowest BCUT2D eigenvalue weighted by molar-refractivity contribution is -0.129. The minimum Gasteiger partial charge on any atom is -0.307 e. The van der Waals surface area contributed by atoms with Gasteiger partial charge >= 0.3 is 0 Å². The third-order valence-electron chi connectivity index (χ3n) is 4.25. The molecular formula is C21H17N3O3. The number of hydrogen-bond donors (Lipinski definition) is 2. The Kier molecular flexibility index (Phi) is 5.45. The van der Waals surface area contributed by atoms with Gasteiger partial charge in [0.25, 0.3) is 5.56 Å². The van der Waals surface area contributed by atoms with Gasteiger partial charge < -0.3 is 4.57 Å². The van der Waals surface area contributed by atoms with Crippen molar-refractivity contribution < 1.29 is 10.0 Å². The van der Waals surface area contributed by atoms with Crippen molar-refractivity contribution in [1.29, 1.82) is 5.26 Å². The molecule has 3 aromatic rings. The van der Waals surface area contributed by atoms with Crippen LogP contribution in [0.25, 0.3) is 22.4 Å². The van der Waals surface area contributed by atoms with E-state index in [1.54, 1.807) is 11.5 Å². The summed E-state index contributed by atoms with van der Waals surface area (Å²) in [6, 6.07) is 22.3. The van der Waals surface area contributed by atoms with E-state index in [9.17, 15) is 14.9 Å². The van der Waals surface area contributed by atoms with E-state index in [1.807, 2.05) is 66.7 Å². The molecule has 6 heteroatoms. The van der Waals surface area contributed by atoms with E-state index < -0.39 is 11.5 Å². The van der Waals surface area contributed by atoms with Gasteiger partial charge in [-0.25, -0.2) is 5.48 Å². The maximum Gasteiger partial charge on any atom is 0.269 e. The van der Waals surface area contributed by atoms with Crippen molar-refractivity contribution in [1.82, 2.24) is 10.0 Å². The van der Waals surface area contributed by atoms with Gasteiger partial charge in [-0.05, 0) is 17.2 Å². The third-order valence-corrected chi connectivity index (χ3v) is 4.25. The summed E-state index contributed by atoms with van der Waals surface area (Å²) in [6.45, 7) is 0.0409. The molecule has 1 amide bonds. The van der Waals surface area contributed by atoms with Crippen LogP contribution >= 0.6 is 0 Å². The van der Waals surface area contributed by atoms with E-state index >= 15 is 0 Å². The van der Waals surface area contributed by atoms with Crippen LogP contribution in [0, 0.1) is 11.3 Å². The number of amides is 1. The van der Waals surface area contributed by atoms with E-state index in [4.69, 9.17) is 5.21 Å². The second-order valence-electron chi connectivity index (χ2n) is 5.90. The highest BCUT2D eigenvalue weighted by molar-refractivity contribution is 5.76. The fourth-order valence-electron chi connectivity index (χ4n) is 2.94. The first-order valence-corrected chi connectivity index (χ1v) is 8.37. The minimum atomic E-state index is -0.605. The van der Waals surface area contributed by atoms with Crippen molar-refractivity contribution in [3.8, 4) is 28.5 Å². The molecule has 1 heterocycles. The van der Waals surface area contributed by atoms with E-state index in [0.29, 0.717) is 11.3 Å². The molecule has 0 bridgehead atoms. The standard InChI is InChI=1S/C21H17N3O3/c22-14-18-17(15-7-3-1-4-8-15)13-19(16-9-5-2-6-10-16)24(21(18)26)12-11-20(25)23-27/h1-10,13,27H,11-12H2,(H,23,25). The van der Waals surface area contributed by atoms with Gasteiger partial charge in [0.15, 0.2) is 0 Å². The summed E-state index contributed by atoms with van der Waals surface area (Å²) in [7, 11) is 0. The smallest absolute Gasteiger partial charge is 0.269 e. The number of nitrogens with one attached hydrogen (secondary N) is 1. The molecule has 2 aromatic carbocycles. The van der Waals surface area contributed by atoms with Gasteiger partial charge in [-0.2, -0.15) is 5.26 Å². The molecular weight excluding hydrogens is 342 g/mol. The van der Waals surface area contributed by atoms with E-state index in [0.717, 1.165) is 11.1 Å². The van der Waals surface area contributed by atoms with Gasteiger partial charge in [0, 0.05) is 18.5 Å². The molecule has 0 unspecified atom stereocenters. The third kappa shape index (κ3) is 3.78. The Balaban J connectivity index is 2.25. The molecule has 0 aliphatic carbocycles. The second kappa shape index (κ2) is 8.13. The minimum absolute atomic E-state index is 0.0188. The van der Waals surface area contributed by atoms with Gasteiger partial charge in [-0.15, -0.1) is 0 Å². The average molecular weight is 359 g/mol. The Morgan fingerprint density at radius 3 is 2.19 bits per heavy atom. The lowest BCUT2D eigenvalue weighted by Crippen LogP contribution is -2.28. The van der Waals surface area contributed by atoms with Gasteiger partial charge in [-0.3, -0.25) is 14.8 Å². The second-order valence-corrected chi connectivity index (χ2v) is 5.90. The number of benzene rings is 2. The van der Waals surface area contributed by atoms with Crippen molar-refractivity contribution in [2.45, 2.75) is 13.0 Å². The van der Waals surface area contributed by atoms with Crippen LogP contribution in [0.4, 0.5) is 0 Å². The van der Waals surface area contributed by atoms with E-state index in [2.05, 4.69) is 0 Å². The van der Waals surface area contributed by atoms with E-state index in [-0.39, 0.29) is 18.5 Å². The predicted molar refractivity (Wildman–Crippen MR) is 101 cm³/mol. The van der Waals surface area contributed by atoms with Crippen LogP contribution in [-0.4, -0.2) is 15.7 Å². The average Bonchev–Trinajstić information content (AvgIpc) is 2.73. The lowest BCUT2D eigenvalue weighted by atomic mass is 9.98. The Labute approximate surface area is 155 Å². The quantitative estimate of drug-likeness (QED) is 0.541. The van der Waals surface area contributed by atoms with Crippen LogP contribution in [0.5, 0.6) is 0 Å². The number of hydrogen-bond acceptors (Lipinski definition) is 4. The highest BCUT2D eigenvalue weighted by Crippen LogP contribution is 2.27. The van der Waals surface area contributed by atoms with Crippen LogP contribution in [0.15, 0.2) is 71.5 Å². The molecule has 0 aliphatic rings. The molecule has 0 saturated heterocycles. The highest BCUT2D eigenvalue weighted by Gasteiger charge is 2.17. The highest BCUT2D eigenvalue weighted by atomic mass is 16.5. The topological polar surface area (TPSA) is 95.1 Å². The Morgan fingerprint density at radius 2 is 1.63 bits per heavy atom. The molecule has 0 saturated carbocycles. The summed E-state index contributed by atoms with van der Waals surface area (Å²) in [5.41, 5.74) is 3.82. The summed E-state index contributed by atoms with van der Waals surface area (Å²) >= 11 is 0. The Bertz CT molecular complexity index is 1050. The van der Waals surface area contributed by atoms with Crippen molar-refractivity contribution in [2.75, 3.05) is 0 Å². The van der Waals surface area contributed by atoms with Gasteiger partial charge in [0.05, 0.1) is 5.69 Å². The zero-order valence-corrected chi connectivity index (χ0v) is 14.4. The summed E-state index contributed by atoms with van der Waals surface area (Å²) in [5.74, 6) is -0.605. The number of carbonyl (C=O) groups is 1. The molecule has 0 spiro atoms. The van der Waals surface area contributed by atoms with Crippen LogP contribution < -0.4 is 11.0 Å². The number of nitrogens with zero attached hydrogens (tertiary/aromatic N) is 2. The van der Waals surface area contributed by atoms with Crippen LogP contribution in [0.3, 0.4) is 0 Å². The monoisotopic (exact) mass is 359 g/mol. The zero-order chi connectivity index (χ0) is 19.2. The summed E-state index contributed by atoms with van der Waals surface area (Å²) < 4.78 is 1.40. The molecule has 3 rings (SSSR count). The maximum absolute atomic E-state index is 13.0. The van der Waals surface area contributed by atoms with Crippen LogP contribution in [0.2, 0.25) is 0 Å². The fourth-order valence-corrected chi connectivity index (χ4v) is 2.94. The molecule has 6 nitrogen and oxygen atoms in total. The van der Waals surface area contributed by atoms with Gasteiger partial charge in [-0.1, -0.05) is 60.7 Å². The molecule has 1 aromatic heterocycles. The summed E-state index contributed by atoms with van der Waals surface area (Å²) in [4.78, 5) is 24.5. The number of nitriles is 1. The Morgan fingerprint density at radius 1 is 1.04 bits per heavy atom. The largest absolute Gasteiger partial charge is 0.307 e. The first-order chi connectivity index (χ1) is 13.2. The molecule has 0 fully saturated rings. The zero-order valence-electron chi connectivity index (χ0n) is 14.4. The van der Waals surface area contributed by atoms with E-state index in [1.165, 1.54) is 4.57 Å². The number of aromatic nitrogens is 1. The van der Waals surface area contributed by atoms with Gasteiger partial charge in [0.1, 0.15) is 11.6 Å². The van der Waals surface area contributed by atoms with Crippen LogP contribution in [-0.2, 0) is 11.3 Å². The first kappa shape index (κ1) is 18.1. The number of hydroxylamine groups is 1. The van der Waals surface area contributed by atoms with Gasteiger partial charge in [0.2, 0.25) is 5.91 Å². The van der Waals surface area contributed by atoms with Crippen molar-refractivity contribution in [3.05, 3.63) is 82.6 Å². The molecule has 0 atom stereocenters. The predicted octanol–water partition coefficient (Wildman–Crippen LogP) is 2.95. The molecule has 27 heavy (non-hydrogen) atoms. The molecule has 134 valence electrons. The number of carbonyl (C=O) groups excluding carboxylic acids is 1. The van der Waals surface area contributed by atoms with Crippen molar-refractivity contribution in [3.63, 3.8) is 0 Å². The normalized spacial score (nSPS) is 10.2. The Hall–Kier alpha value is -3.69. The molecule has 2 N–H and O–H groups in total. The van der Waals surface area contributed by atoms with Crippen LogP contribution in [0.1, 0.15) is 12.0 Å². The van der Waals surface area contributed by atoms with Crippen molar-refractivity contribution >= 4 is 5.91 Å². The summed E-state index contributed by atoms with van der Waals surface area (Å²) in [5, 5.41) is 18.3. The molecule has 0 radical (unpaired) electrons. The molecule has 0 aliphatic heterocycles. The fraction of sp³-hybridized carbons (Fsp3) is 0.0952. The maximum atomic E-state index is 13.0. The number of pyridine rings is 1. The summed E-state index contributed by atoms with van der Waals surface area (Å²) in [6.07, 6.45) is -0.0915. The number of rotatable bonds is 5. The lowest BCUT2D eigenvalue weighted by Gasteiger charge is -2.16. The first-order valence-electron chi connectivity index (χ1n) is 8.37. The SMILES string of the molecule is N#Cc1c(-c2ccccc2)cc(-c2ccccc2)n(CCC(=O)NO)c1=O. The van der Waals surface area contributed by atoms with Crippen molar-refractivity contribution in [2.24, 2.45) is 0 Å².